The van der Waals surface area contributed by atoms with Crippen molar-refractivity contribution in [3.8, 4) is 5.75 Å². The van der Waals surface area contributed by atoms with Crippen LogP contribution in [0.1, 0.15) is 71.3 Å². The molecule has 3 aliphatic rings. The standard InChI is InChI=1S/C24H32N2O5S/c1-14(31-17-12-10-16(11-13-17)15-8-6-5-7-9-15)19(27)25-24(4)21(30)26-18(20(28)29)23(2,3)32-22(24)26/h10-15,18,22H,5-9H2,1-4H3,(H,25,27)(H,28,29)/t14?,18-,22+,24-/m0/s1. The number of hydrogen-bond donors (Lipinski definition) is 2. The monoisotopic (exact) mass is 460 g/mol. The molecule has 32 heavy (non-hydrogen) atoms. The highest BCUT2D eigenvalue weighted by Gasteiger charge is 2.70. The first-order chi connectivity index (χ1) is 15.0. The molecule has 2 N–H and O–H groups in total. The van der Waals surface area contributed by atoms with E-state index in [0.29, 0.717) is 11.7 Å². The zero-order valence-corrected chi connectivity index (χ0v) is 19.9. The molecule has 174 valence electrons. The Morgan fingerprint density at radius 3 is 2.38 bits per heavy atom. The van der Waals surface area contributed by atoms with Crippen LogP contribution in [0.15, 0.2) is 24.3 Å². The number of carboxylic acid groups (broad SMARTS) is 1. The fraction of sp³-hybridized carbons (Fsp3) is 0.625. The zero-order chi connectivity index (χ0) is 23.3. The van der Waals surface area contributed by atoms with Crippen molar-refractivity contribution in [2.24, 2.45) is 0 Å². The number of carboxylic acids is 1. The summed E-state index contributed by atoms with van der Waals surface area (Å²) in [5.41, 5.74) is 0.168. The van der Waals surface area contributed by atoms with Gasteiger partial charge in [0.1, 0.15) is 22.7 Å². The van der Waals surface area contributed by atoms with Gasteiger partial charge in [-0.2, -0.15) is 0 Å². The molecule has 1 unspecified atom stereocenters. The minimum absolute atomic E-state index is 0.370. The summed E-state index contributed by atoms with van der Waals surface area (Å²) in [5.74, 6) is -0.574. The highest BCUT2D eigenvalue weighted by molar-refractivity contribution is 8.01. The Morgan fingerprint density at radius 2 is 1.78 bits per heavy atom. The molecule has 0 aromatic heterocycles. The Kier molecular flexibility index (Phi) is 5.94. The number of thioether (sulfide) groups is 1. The third kappa shape index (κ3) is 3.87. The average molecular weight is 461 g/mol. The number of carbonyl (C=O) groups excluding carboxylic acids is 2. The summed E-state index contributed by atoms with van der Waals surface area (Å²) < 4.78 is 5.20. The molecular formula is C24H32N2O5S. The predicted octanol–water partition coefficient (Wildman–Crippen LogP) is 3.52. The summed E-state index contributed by atoms with van der Waals surface area (Å²) in [6.45, 7) is 6.94. The zero-order valence-electron chi connectivity index (χ0n) is 19.1. The minimum atomic E-state index is -1.15. The van der Waals surface area contributed by atoms with E-state index in [9.17, 15) is 19.5 Å². The molecule has 4 rings (SSSR count). The Hall–Kier alpha value is -2.22. The predicted molar refractivity (Wildman–Crippen MR) is 123 cm³/mol. The number of fused-ring (bicyclic) bond motifs is 1. The van der Waals surface area contributed by atoms with Crippen LogP contribution < -0.4 is 10.1 Å². The molecule has 8 heteroatoms. The molecule has 1 aliphatic carbocycles. The van der Waals surface area contributed by atoms with Crippen molar-refractivity contribution in [2.45, 2.75) is 93.5 Å². The van der Waals surface area contributed by atoms with Crippen LogP contribution in [0.25, 0.3) is 0 Å². The molecule has 0 spiro atoms. The molecule has 1 aromatic carbocycles. The Balaban J connectivity index is 1.38. The third-order valence-electron chi connectivity index (χ3n) is 7.03. The van der Waals surface area contributed by atoms with Crippen LogP contribution in [0.3, 0.4) is 0 Å². The van der Waals surface area contributed by atoms with Crippen LogP contribution in [-0.2, 0) is 14.4 Å². The number of β-lactam (4-membered cyclic amide) rings is 1. The summed E-state index contributed by atoms with van der Waals surface area (Å²) in [6.07, 6.45) is 5.53. The average Bonchev–Trinajstić information content (AvgIpc) is 3.04. The van der Waals surface area contributed by atoms with Gasteiger partial charge in [-0.05, 0) is 64.2 Å². The number of hydrogen-bond acceptors (Lipinski definition) is 5. The fourth-order valence-electron chi connectivity index (χ4n) is 5.21. The van der Waals surface area contributed by atoms with Crippen LogP contribution in [0.4, 0.5) is 0 Å². The smallest absolute Gasteiger partial charge is 0.327 e. The number of nitrogens with one attached hydrogen (secondary N) is 1. The normalized spacial score (nSPS) is 30.2. The molecule has 0 radical (unpaired) electrons. The van der Waals surface area contributed by atoms with Crippen molar-refractivity contribution in [1.29, 1.82) is 0 Å². The van der Waals surface area contributed by atoms with Crippen molar-refractivity contribution in [3.63, 3.8) is 0 Å². The first kappa shape index (κ1) is 23.0. The molecule has 1 aromatic rings. The maximum atomic E-state index is 12.9. The topological polar surface area (TPSA) is 95.9 Å². The second kappa shape index (κ2) is 8.28. The summed E-state index contributed by atoms with van der Waals surface area (Å²) in [7, 11) is 0. The van der Waals surface area contributed by atoms with E-state index < -0.39 is 39.7 Å². The summed E-state index contributed by atoms with van der Waals surface area (Å²) >= 11 is 1.41. The van der Waals surface area contributed by atoms with Gasteiger partial charge in [-0.15, -0.1) is 11.8 Å². The molecular weight excluding hydrogens is 428 g/mol. The van der Waals surface area contributed by atoms with Crippen LogP contribution in [0, 0.1) is 0 Å². The maximum Gasteiger partial charge on any atom is 0.327 e. The van der Waals surface area contributed by atoms with Gasteiger partial charge in [0.05, 0.1) is 0 Å². The highest BCUT2D eigenvalue weighted by Crippen LogP contribution is 2.54. The van der Waals surface area contributed by atoms with E-state index in [2.05, 4.69) is 17.4 Å². The number of nitrogens with zero attached hydrogens (tertiary/aromatic N) is 1. The van der Waals surface area contributed by atoms with Gasteiger partial charge in [0.25, 0.3) is 11.8 Å². The van der Waals surface area contributed by atoms with Crippen LogP contribution in [0.5, 0.6) is 5.75 Å². The van der Waals surface area contributed by atoms with E-state index in [-0.39, 0.29) is 5.91 Å². The Morgan fingerprint density at radius 1 is 1.16 bits per heavy atom. The molecule has 2 aliphatic heterocycles. The molecule has 2 saturated heterocycles. The van der Waals surface area contributed by atoms with Crippen LogP contribution in [0.2, 0.25) is 0 Å². The summed E-state index contributed by atoms with van der Waals surface area (Å²) in [4.78, 5) is 38.8. The van der Waals surface area contributed by atoms with Gasteiger partial charge in [-0.25, -0.2) is 4.79 Å². The largest absolute Gasteiger partial charge is 0.481 e. The lowest BCUT2D eigenvalue weighted by Gasteiger charge is -2.51. The van der Waals surface area contributed by atoms with Crippen molar-refractivity contribution in [3.05, 3.63) is 29.8 Å². The van der Waals surface area contributed by atoms with Crippen LogP contribution >= 0.6 is 11.8 Å². The fourth-order valence-corrected chi connectivity index (χ4v) is 6.85. The number of ether oxygens (including phenoxy) is 1. The Labute approximate surface area is 193 Å². The van der Waals surface area contributed by atoms with Gasteiger partial charge >= 0.3 is 5.97 Å². The first-order valence-corrected chi connectivity index (χ1v) is 12.2. The van der Waals surface area contributed by atoms with E-state index >= 15 is 0 Å². The lowest BCUT2D eigenvalue weighted by Crippen LogP contribution is -2.78. The van der Waals surface area contributed by atoms with E-state index in [1.165, 1.54) is 54.3 Å². The van der Waals surface area contributed by atoms with E-state index in [1.807, 2.05) is 26.0 Å². The number of aliphatic carboxylic acids is 1. The van der Waals surface area contributed by atoms with Gasteiger partial charge in [-0.3, -0.25) is 9.59 Å². The lowest BCUT2D eigenvalue weighted by molar-refractivity contribution is -0.168. The molecule has 3 fully saturated rings. The van der Waals surface area contributed by atoms with E-state index in [4.69, 9.17) is 4.74 Å². The van der Waals surface area contributed by atoms with Crippen molar-refractivity contribution in [2.75, 3.05) is 0 Å². The number of rotatable bonds is 6. The van der Waals surface area contributed by atoms with Crippen molar-refractivity contribution >= 4 is 29.5 Å². The van der Waals surface area contributed by atoms with Gasteiger partial charge in [-0.1, -0.05) is 31.4 Å². The van der Waals surface area contributed by atoms with Crippen molar-refractivity contribution in [1.82, 2.24) is 10.2 Å². The lowest BCUT2D eigenvalue weighted by atomic mass is 9.84. The molecule has 2 amide bonds. The van der Waals surface area contributed by atoms with Gasteiger partial charge < -0.3 is 20.1 Å². The number of amides is 2. The van der Waals surface area contributed by atoms with Gasteiger partial charge in [0.15, 0.2) is 6.10 Å². The summed E-state index contributed by atoms with van der Waals surface area (Å²) in [5, 5.41) is 12.0. The second-order valence-electron chi connectivity index (χ2n) is 9.88. The van der Waals surface area contributed by atoms with Crippen molar-refractivity contribution < 1.29 is 24.2 Å². The van der Waals surface area contributed by atoms with Gasteiger partial charge in [0, 0.05) is 4.75 Å². The summed E-state index contributed by atoms with van der Waals surface area (Å²) in [6, 6.07) is 7.05. The highest BCUT2D eigenvalue weighted by atomic mass is 32.2. The molecule has 7 nitrogen and oxygen atoms in total. The van der Waals surface area contributed by atoms with Gasteiger partial charge in [0.2, 0.25) is 0 Å². The van der Waals surface area contributed by atoms with E-state index in [1.54, 1.807) is 13.8 Å². The first-order valence-electron chi connectivity index (χ1n) is 11.4. The molecule has 0 bridgehead atoms. The maximum absolute atomic E-state index is 12.9. The van der Waals surface area contributed by atoms with E-state index in [0.717, 1.165) is 0 Å². The molecule has 4 atom stereocenters. The third-order valence-corrected chi connectivity index (χ3v) is 8.79. The number of benzene rings is 1. The number of carbonyl (C=O) groups is 3. The Bertz CT molecular complexity index is 911. The SMILES string of the molecule is CC(Oc1ccc(C2CCCCC2)cc1)C(=O)N[C@@]1(C)C(=O)N2[C@@H](C(=O)O)C(C)(C)S[C@@H]21. The molecule has 1 saturated carbocycles. The second-order valence-corrected chi connectivity index (χ2v) is 11.6. The van der Waals surface area contributed by atoms with Crippen LogP contribution in [-0.4, -0.2) is 55.6 Å². The quantitative estimate of drug-likeness (QED) is 0.631. The molecule has 2 heterocycles. The minimum Gasteiger partial charge on any atom is -0.481 e.